The van der Waals surface area contributed by atoms with Crippen molar-refractivity contribution in [3.05, 3.63) is 164 Å². The minimum absolute atomic E-state index is 0.911. The lowest BCUT2D eigenvalue weighted by Crippen LogP contribution is -1.97. The van der Waals surface area contributed by atoms with Crippen molar-refractivity contribution in [2.24, 2.45) is 0 Å². The van der Waals surface area contributed by atoms with Crippen LogP contribution in [0.3, 0.4) is 0 Å². The lowest BCUT2D eigenvalue weighted by Gasteiger charge is -2.22. The van der Waals surface area contributed by atoms with Crippen LogP contribution in [0.15, 0.2) is 164 Å². The van der Waals surface area contributed by atoms with E-state index in [1.54, 1.807) is 0 Å². The molecule has 0 N–H and O–H groups in total. The lowest BCUT2D eigenvalue weighted by atomic mass is 9.90. The van der Waals surface area contributed by atoms with Gasteiger partial charge in [0.25, 0.3) is 0 Å². The van der Waals surface area contributed by atoms with Gasteiger partial charge in [0.1, 0.15) is 11.5 Å². The van der Waals surface area contributed by atoms with Crippen LogP contribution in [0.2, 0.25) is 0 Å². The van der Waals surface area contributed by atoms with Crippen molar-refractivity contribution in [2.45, 2.75) is 0 Å². The molecular weight excluding hydrogens is 558 g/mol. The predicted molar refractivity (Wildman–Crippen MR) is 192 cm³/mol. The summed E-state index contributed by atoms with van der Waals surface area (Å²) >= 11 is 0. The maximum Gasteiger partial charge on any atom is 0.135 e. The van der Waals surface area contributed by atoms with Crippen molar-refractivity contribution >= 4 is 43.4 Å². The molecule has 0 atom stereocenters. The fourth-order valence-electron chi connectivity index (χ4n) is 7.52. The highest BCUT2D eigenvalue weighted by Crippen LogP contribution is 2.48. The lowest BCUT2D eigenvalue weighted by molar-refractivity contribution is 0.487. The Balaban J connectivity index is 1.14. The number of para-hydroxylation sites is 2. The third-order valence-corrected chi connectivity index (χ3v) is 9.57. The van der Waals surface area contributed by atoms with Crippen LogP contribution in [-0.2, 0) is 0 Å². The summed E-state index contributed by atoms with van der Waals surface area (Å²) in [6.45, 7) is 0. The normalized spacial score (nSPS) is 12.1. The fraction of sp³-hybridized carbons (Fsp3) is 0. The highest BCUT2D eigenvalue weighted by Gasteiger charge is 2.21. The molecule has 1 aliphatic heterocycles. The SMILES string of the molecule is c1cc(-c2cccc(-n3c4ccccc4c4ccc5ccccc5c43)c2)cc(-c2ccc3c4c(cccc24)-c2ccccc2O3)c1. The van der Waals surface area contributed by atoms with Crippen LogP contribution in [0.25, 0.3) is 82.4 Å². The van der Waals surface area contributed by atoms with Crippen molar-refractivity contribution in [3.63, 3.8) is 0 Å². The van der Waals surface area contributed by atoms with Gasteiger partial charge in [-0.1, -0.05) is 127 Å². The van der Waals surface area contributed by atoms with Gasteiger partial charge in [-0.2, -0.15) is 0 Å². The van der Waals surface area contributed by atoms with E-state index in [0.717, 1.165) is 22.7 Å². The van der Waals surface area contributed by atoms with Crippen LogP contribution in [0.4, 0.5) is 0 Å². The zero-order valence-electron chi connectivity index (χ0n) is 24.9. The number of rotatable bonds is 3. The molecule has 9 aromatic rings. The zero-order valence-corrected chi connectivity index (χ0v) is 24.9. The number of hydrogen-bond acceptors (Lipinski definition) is 1. The maximum atomic E-state index is 6.37. The molecule has 2 nitrogen and oxygen atoms in total. The van der Waals surface area contributed by atoms with Gasteiger partial charge < -0.3 is 9.30 Å². The number of fused-ring (bicyclic) bond motifs is 7. The Kier molecular flexibility index (Phi) is 5.31. The molecule has 46 heavy (non-hydrogen) atoms. The monoisotopic (exact) mass is 585 g/mol. The minimum Gasteiger partial charge on any atom is -0.456 e. The van der Waals surface area contributed by atoms with Crippen molar-refractivity contribution in [2.75, 3.05) is 0 Å². The van der Waals surface area contributed by atoms with Gasteiger partial charge in [0.15, 0.2) is 0 Å². The number of benzene rings is 8. The van der Waals surface area contributed by atoms with Crippen molar-refractivity contribution in [1.29, 1.82) is 0 Å². The molecule has 0 bridgehead atoms. The minimum atomic E-state index is 0.911. The number of hydrogen-bond donors (Lipinski definition) is 0. The molecule has 0 aliphatic carbocycles. The molecule has 0 saturated carbocycles. The van der Waals surface area contributed by atoms with Gasteiger partial charge in [-0.05, 0) is 75.0 Å². The average Bonchev–Trinajstić information content (AvgIpc) is 3.47. The van der Waals surface area contributed by atoms with E-state index in [1.165, 1.54) is 71.2 Å². The number of aromatic nitrogens is 1. The predicted octanol–water partition coefficient (Wildman–Crippen LogP) is 12.2. The molecule has 214 valence electrons. The van der Waals surface area contributed by atoms with Gasteiger partial charge in [0.05, 0.1) is 11.0 Å². The van der Waals surface area contributed by atoms with Crippen LogP contribution >= 0.6 is 0 Å². The molecule has 0 fully saturated rings. The van der Waals surface area contributed by atoms with Crippen LogP contribution in [-0.4, -0.2) is 4.57 Å². The Hall–Kier alpha value is -6.12. The quantitative estimate of drug-likeness (QED) is 0.201. The van der Waals surface area contributed by atoms with Gasteiger partial charge in [-0.25, -0.2) is 0 Å². The summed E-state index contributed by atoms with van der Waals surface area (Å²) < 4.78 is 8.80. The van der Waals surface area contributed by atoms with E-state index in [2.05, 4.69) is 156 Å². The molecule has 0 unspecified atom stereocenters. The molecule has 2 heteroatoms. The second kappa shape index (κ2) is 9.69. The molecule has 2 heterocycles. The Labute approximate surface area is 266 Å². The van der Waals surface area contributed by atoms with Gasteiger partial charge >= 0.3 is 0 Å². The average molecular weight is 586 g/mol. The van der Waals surface area contributed by atoms with Crippen LogP contribution in [0.1, 0.15) is 0 Å². The van der Waals surface area contributed by atoms with Gasteiger partial charge in [0, 0.05) is 32.8 Å². The smallest absolute Gasteiger partial charge is 0.135 e. The van der Waals surface area contributed by atoms with E-state index in [4.69, 9.17) is 4.74 Å². The third kappa shape index (κ3) is 3.65. The summed E-state index contributed by atoms with van der Waals surface area (Å²) in [5, 5.41) is 7.43. The van der Waals surface area contributed by atoms with Crippen molar-refractivity contribution < 1.29 is 4.74 Å². The molecule has 1 aromatic heterocycles. The highest BCUT2D eigenvalue weighted by atomic mass is 16.5. The van der Waals surface area contributed by atoms with Gasteiger partial charge in [0.2, 0.25) is 0 Å². The summed E-state index contributed by atoms with van der Waals surface area (Å²) in [6.07, 6.45) is 0. The Bertz CT molecular complexity index is 2680. The zero-order chi connectivity index (χ0) is 30.2. The van der Waals surface area contributed by atoms with Gasteiger partial charge in [-0.3, -0.25) is 0 Å². The van der Waals surface area contributed by atoms with Gasteiger partial charge in [-0.15, -0.1) is 0 Å². The molecule has 0 spiro atoms. The first kappa shape index (κ1) is 25.2. The number of nitrogens with zero attached hydrogens (tertiary/aromatic N) is 1. The first-order chi connectivity index (χ1) is 22.8. The first-order valence-electron chi connectivity index (χ1n) is 15.8. The van der Waals surface area contributed by atoms with E-state index < -0.39 is 0 Å². The summed E-state index contributed by atoms with van der Waals surface area (Å²) in [5.41, 5.74) is 10.7. The maximum absolute atomic E-state index is 6.37. The van der Waals surface area contributed by atoms with Crippen LogP contribution < -0.4 is 4.74 Å². The summed E-state index contributed by atoms with van der Waals surface area (Å²) in [5.74, 6) is 1.82. The Morgan fingerprint density at radius 2 is 1.11 bits per heavy atom. The van der Waals surface area contributed by atoms with E-state index in [1.807, 2.05) is 12.1 Å². The highest BCUT2D eigenvalue weighted by molar-refractivity contribution is 6.18. The topological polar surface area (TPSA) is 14.2 Å². The third-order valence-electron chi connectivity index (χ3n) is 9.57. The van der Waals surface area contributed by atoms with E-state index >= 15 is 0 Å². The standard InChI is InChI=1S/C44H27NO/c1-2-15-34-28(10-1)22-23-39-35-16-3-5-20-40(35)45(44(34)39)32-14-8-12-30(27-32)29-11-7-13-31(26-29)33-24-25-42-43-37(33)18-9-19-38(43)36-17-4-6-21-41(36)46-42/h1-27H. The van der Waals surface area contributed by atoms with Crippen molar-refractivity contribution in [1.82, 2.24) is 4.57 Å². The molecule has 0 radical (unpaired) electrons. The molecule has 1 aliphatic rings. The molecule has 0 saturated heterocycles. The number of ether oxygens (including phenoxy) is 1. The Morgan fingerprint density at radius 3 is 2.07 bits per heavy atom. The fourth-order valence-corrected chi connectivity index (χ4v) is 7.52. The largest absolute Gasteiger partial charge is 0.456 e. The molecule has 8 aromatic carbocycles. The van der Waals surface area contributed by atoms with Crippen LogP contribution in [0, 0.1) is 0 Å². The molecular formula is C44H27NO. The Morgan fingerprint density at radius 1 is 0.391 bits per heavy atom. The first-order valence-corrected chi connectivity index (χ1v) is 15.8. The second-order valence-electron chi connectivity index (χ2n) is 12.1. The molecule has 10 rings (SSSR count). The van der Waals surface area contributed by atoms with E-state index in [9.17, 15) is 0 Å². The summed E-state index contributed by atoms with van der Waals surface area (Å²) in [4.78, 5) is 0. The summed E-state index contributed by atoms with van der Waals surface area (Å²) in [7, 11) is 0. The van der Waals surface area contributed by atoms with E-state index in [0.29, 0.717) is 0 Å². The summed E-state index contributed by atoms with van der Waals surface area (Å²) in [6, 6.07) is 59.0. The van der Waals surface area contributed by atoms with Crippen LogP contribution in [0.5, 0.6) is 11.5 Å². The molecule has 0 amide bonds. The van der Waals surface area contributed by atoms with Crippen molar-refractivity contribution in [3.8, 4) is 50.6 Å². The van der Waals surface area contributed by atoms with E-state index in [-0.39, 0.29) is 0 Å². The second-order valence-corrected chi connectivity index (χ2v) is 12.1.